The summed E-state index contributed by atoms with van der Waals surface area (Å²) in [7, 11) is 0. The van der Waals surface area contributed by atoms with Crippen LogP contribution in [0.15, 0.2) is 24.3 Å². The van der Waals surface area contributed by atoms with Crippen LogP contribution in [0.2, 0.25) is 0 Å². The minimum absolute atomic E-state index is 0.0569. The third-order valence-corrected chi connectivity index (χ3v) is 2.54. The van der Waals surface area contributed by atoms with E-state index in [-0.39, 0.29) is 11.3 Å². The lowest BCUT2D eigenvalue weighted by Crippen LogP contribution is -2.38. The van der Waals surface area contributed by atoms with Gasteiger partial charge < -0.3 is 5.32 Å². The number of alkyl halides is 6. The first kappa shape index (κ1) is 16.3. The zero-order valence-corrected chi connectivity index (χ0v) is 10.3. The van der Waals surface area contributed by atoms with Crippen molar-refractivity contribution in [3.63, 3.8) is 0 Å². The number of hydrogen-bond donors (Lipinski definition) is 1. The molecule has 0 aromatic heterocycles. The second kappa shape index (κ2) is 5.72. The lowest BCUT2D eigenvalue weighted by Gasteiger charge is -2.23. The van der Waals surface area contributed by atoms with E-state index in [0.717, 1.165) is 13.0 Å². The molecule has 0 heterocycles. The number of para-hydroxylation sites is 1. The minimum atomic E-state index is -5.40. The molecule has 0 fully saturated rings. The Morgan fingerprint density at radius 1 is 1.10 bits per heavy atom. The molecular formula is C12H11F6NO. The van der Waals surface area contributed by atoms with Crippen LogP contribution >= 0.6 is 0 Å². The molecule has 0 radical (unpaired) electrons. The molecule has 0 saturated heterocycles. The zero-order valence-electron chi connectivity index (χ0n) is 10.3. The Balaban J connectivity index is 3.09. The number of nitrogens with one attached hydrogen (secondary N) is 1. The van der Waals surface area contributed by atoms with Gasteiger partial charge in [-0.3, -0.25) is 4.79 Å². The van der Waals surface area contributed by atoms with Gasteiger partial charge >= 0.3 is 12.4 Å². The molecule has 0 aliphatic rings. The number of carbonyl (C=O) groups excluding carboxylic acids is 1. The van der Waals surface area contributed by atoms with Crippen molar-refractivity contribution in [1.82, 2.24) is 0 Å². The van der Waals surface area contributed by atoms with E-state index in [0.29, 0.717) is 0 Å². The predicted molar refractivity (Wildman–Crippen MR) is 60.0 cm³/mol. The lowest BCUT2D eigenvalue weighted by molar-refractivity contribution is -0.283. The summed E-state index contributed by atoms with van der Waals surface area (Å²) < 4.78 is 74.9. The molecule has 8 heteroatoms. The first-order valence-electron chi connectivity index (χ1n) is 5.50. The number of halogens is 6. The molecule has 2 nitrogen and oxygen atoms in total. The van der Waals surface area contributed by atoms with E-state index >= 15 is 0 Å². The third kappa shape index (κ3) is 4.43. The summed E-state index contributed by atoms with van der Waals surface area (Å²) in [6.45, 7) is 1.11. The van der Waals surface area contributed by atoms with Gasteiger partial charge in [-0.25, -0.2) is 0 Å². The third-order valence-electron chi connectivity index (χ3n) is 2.54. The van der Waals surface area contributed by atoms with E-state index in [2.05, 4.69) is 5.32 Å². The Hall–Kier alpha value is -1.73. The minimum Gasteiger partial charge on any atom is -0.326 e. The molecule has 0 atom stereocenters. The second-order valence-corrected chi connectivity index (χ2v) is 4.18. The zero-order chi connectivity index (χ0) is 15.6. The van der Waals surface area contributed by atoms with Gasteiger partial charge in [0, 0.05) is 12.6 Å². The molecule has 0 spiro atoms. The van der Waals surface area contributed by atoms with Crippen LogP contribution in [0, 0.1) is 5.92 Å². The summed E-state index contributed by atoms with van der Waals surface area (Å²) in [4.78, 5) is 10.9. The van der Waals surface area contributed by atoms with E-state index in [9.17, 15) is 31.1 Å². The Morgan fingerprint density at radius 3 is 2.05 bits per heavy atom. The smallest absolute Gasteiger partial charge is 0.326 e. The van der Waals surface area contributed by atoms with Crippen molar-refractivity contribution in [2.45, 2.75) is 25.7 Å². The van der Waals surface area contributed by atoms with Gasteiger partial charge in [0.05, 0.1) is 0 Å². The number of rotatable bonds is 3. The maximum Gasteiger partial charge on any atom is 0.400 e. The lowest BCUT2D eigenvalue weighted by atomic mass is 9.97. The van der Waals surface area contributed by atoms with Crippen LogP contribution in [-0.4, -0.2) is 18.3 Å². The molecular weight excluding hydrogens is 288 g/mol. The number of benzene rings is 1. The fourth-order valence-corrected chi connectivity index (χ4v) is 1.65. The van der Waals surface area contributed by atoms with Crippen LogP contribution in [0.1, 0.15) is 12.5 Å². The summed E-state index contributed by atoms with van der Waals surface area (Å²) in [5.41, 5.74) is -0.277. The van der Waals surface area contributed by atoms with E-state index < -0.39 is 30.6 Å². The molecule has 1 N–H and O–H groups in total. The fraction of sp³-hybridized carbons (Fsp3) is 0.417. The summed E-state index contributed by atoms with van der Waals surface area (Å²) >= 11 is 0. The molecule has 1 aromatic carbocycles. The highest BCUT2D eigenvalue weighted by atomic mass is 19.4. The summed E-state index contributed by atoms with van der Waals surface area (Å²) in [6.07, 6.45) is -12.1. The van der Waals surface area contributed by atoms with Gasteiger partial charge in [0.2, 0.25) is 5.91 Å². The molecule has 1 amide bonds. The molecule has 112 valence electrons. The van der Waals surface area contributed by atoms with Crippen LogP contribution in [0.5, 0.6) is 0 Å². The second-order valence-electron chi connectivity index (χ2n) is 4.18. The van der Waals surface area contributed by atoms with Gasteiger partial charge in [0.1, 0.15) is 0 Å². The van der Waals surface area contributed by atoms with E-state index in [1.807, 2.05) is 0 Å². The van der Waals surface area contributed by atoms with Gasteiger partial charge in [0.15, 0.2) is 5.92 Å². The number of amides is 1. The van der Waals surface area contributed by atoms with Crippen molar-refractivity contribution < 1.29 is 31.1 Å². The van der Waals surface area contributed by atoms with E-state index in [1.165, 1.54) is 18.2 Å². The molecule has 20 heavy (non-hydrogen) atoms. The average Bonchev–Trinajstić information content (AvgIpc) is 2.23. The molecule has 0 aliphatic heterocycles. The largest absolute Gasteiger partial charge is 0.400 e. The Morgan fingerprint density at radius 2 is 1.60 bits per heavy atom. The van der Waals surface area contributed by atoms with Gasteiger partial charge in [-0.05, 0) is 18.1 Å². The highest BCUT2D eigenvalue weighted by Gasteiger charge is 2.56. The van der Waals surface area contributed by atoms with Crippen LogP contribution in [0.4, 0.5) is 32.0 Å². The Labute approximate surface area is 110 Å². The molecule has 0 saturated carbocycles. The molecule has 0 unspecified atom stereocenters. The molecule has 0 bridgehead atoms. The summed E-state index contributed by atoms with van der Waals surface area (Å²) in [6, 6.07) is 5.09. The summed E-state index contributed by atoms with van der Waals surface area (Å²) in [5, 5.41) is 2.21. The van der Waals surface area contributed by atoms with E-state index in [1.54, 1.807) is 0 Å². The van der Waals surface area contributed by atoms with E-state index in [4.69, 9.17) is 0 Å². The Bertz CT molecular complexity index is 466. The molecule has 0 aliphatic carbocycles. The first-order chi connectivity index (χ1) is 9.01. The predicted octanol–water partition coefficient (Wildman–Crippen LogP) is 3.93. The topological polar surface area (TPSA) is 29.1 Å². The highest BCUT2D eigenvalue weighted by molar-refractivity contribution is 5.89. The monoisotopic (exact) mass is 299 g/mol. The van der Waals surface area contributed by atoms with Crippen molar-refractivity contribution >= 4 is 11.6 Å². The normalized spacial score (nSPS) is 12.6. The number of anilines is 1. The maximum absolute atomic E-state index is 12.5. The van der Waals surface area contributed by atoms with Crippen LogP contribution < -0.4 is 5.32 Å². The van der Waals surface area contributed by atoms with Crippen LogP contribution in [0.25, 0.3) is 0 Å². The van der Waals surface area contributed by atoms with Crippen LogP contribution in [-0.2, 0) is 11.2 Å². The maximum atomic E-state index is 12.5. The summed E-state index contributed by atoms with van der Waals surface area (Å²) in [5.74, 6) is -4.04. The van der Waals surface area contributed by atoms with Crippen LogP contribution in [0.3, 0.4) is 0 Å². The quantitative estimate of drug-likeness (QED) is 0.842. The van der Waals surface area contributed by atoms with Gasteiger partial charge in [0.25, 0.3) is 0 Å². The van der Waals surface area contributed by atoms with Crippen molar-refractivity contribution in [1.29, 1.82) is 0 Å². The van der Waals surface area contributed by atoms with Gasteiger partial charge in [-0.1, -0.05) is 18.2 Å². The van der Waals surface area contributed by atoms with Crippen molar-refractivity contribution in [2.75, 3.05) is 5.32 Å². The number of carbonyl (C=O) groups is 1. The van der Waals surface area contributed by atoms with Gasteiger partial charge in [-0.15, -0.1) is 0 Å². The number of hydrogen-bond acceptors (Lipinski definition) is 1. The SMILES string of the molecule is CC(=O)Nc1ccccc1CC(C(F)(F)F)C(F)(F)F. The van der Waals surface area contributed by atoms with Crippen molar-refractivity contribution in [2.24, 2.45) is 5.92 Å². The van der Waals surface area contributed by atoms with Gasteiger partial charge in [-0.2, -0.15) is 26.3 Å². The molecule has 1 aromatic rings. The fourth-order valence-electron chi connectivity index (χ4n) is 1.65. The average molecular weight is 299 g/mol. The standard InChI is InChI=1S/C12H11F6NO/c1-7(20)19-9-5-3-2-4-8(9)6-10(11(13,14)15)12(16,17)18/h2-5,10H,6H2,1H3,(H,19,20). The van der Waals surface area contributed by atoms with Crippen molar-refractivity contribution in [3.8, 4) is 0 Å². The van der Waals surface area contributed by atoms with Crippen molar-refractivity contribution in [3.05, 3.63) is 29.8 Å². The first-order valence-corrected chi connectivity index (χ1v) is 5.50. The Kier molecular flexibility index (Phi) is 4.67. The highest BCUT2D eigenvalue weighted by Crippen LogP contribution is 2.42. The molecule has 1 rings (SSSR count).